The first-order chi connectivity index (χ1) is 19.1. The van der Waals surface area contributed by atoms with Crippen molar-refractivity contribution in [2.75, 3.05) is 19.6 Å². The van der Waals surface area contributed by atoms with Gasteiger partial charge in [0.2, 0.25) is 15.9 Å². The Balaban J connectivity index is 1.26. The third-order valence-electron chi connectivity index (χ3n) is 8.47. The summed E-state index contributed by atoms with van der Waals surface area (Å²) in [6.07, 6.45) is 3.76. The molecule has 0 bridgehead atoms. The minimum absolute atomic E-state index is 0.0168. The van der Waals surface area contributed by atoms with Crippen LogP contribution in [0.15, 0.2) is 47.4 Å². The highest BCUT2D eigenvalue weighted by Gasteiger charge is 2.37. The summed E-state index contributed by atoms with van der Waals surface area (Å²) < 4.78 is 67.8. The fourth-order valence-corrected chi connectivity index (χ4v) is 8.16. The fourth-order valence-electron chi connectivity index (χ4n) is 6.42. The number of benzene rings is 2. The smallest absolute Gasteiger partial charge is 0.349 e. The Morgan fingerprint density at radius 3 is 2.48 bits per heavy atom. The second kappa shape index (κ2) is 12.2. The Morgan fingerprint density at radius 2 is 1.70 bits per heavy atom. The first-order valence-corrected chi connectivity index (χ1v) is 15.9. The van der Waals surface area contributed by atoms with E-state index in [0.717, 1.165) is 63.0 Å². The SMILES string of the molecule is O=C(C[C@@H]1CCCCN1S(=O)(=O)c1cccc(C(F)(F)F)c1)N[C@@H]1CCCc2cc(CN3CCCCC3)ccc21. The molecule has 218 valence electrons. The molecule has 0 aromatic heterocycles. The molecule has 2 atom stereocenters. The van der Waals surface area contributed by atoms with Crippen molar-refractivity contribution in [1.82, 2.24) is 14.5 Å². The molecule has 0 saturated carbocycles. The monoisotopic (exact) mass is 577 g/mol. The van der Waals surface area contributed by atoms with E-state index in [-0.39, 0.29) is 24.9 Å². The van der Waals surface area contributed by atoms with Gasteiger partial charge < -0.3 is 5.32 Å². The van der Waals surface area contributed by atoms with Crippen LogP contribution < -0.4 is 5.32 Å². The minimum Gasteiger partial charge on any atom is -0.349 e. The molecule has 40 heavy (non-hydrogen) atoms. The minimum atomic E-state index is -4.64. The third-order valence-corrected chi connectivity index (χ3v) is 10.4. The molecule has 0 radical (unpaired) electrons. The van der Waals surface area contributed by atoms with Crippen molar-refractivity contribution in [3.8, 4) is 0 Å². The molecule has 0 spiro atoms. The second-order valence-corrected chi connectivity index (χ2v) is 13.3. The lowest BCUT2D eigenvalue weighted by Crippen LogP contribution is -2.46. The standard InChI is InChI=1S/C30H38F3N3O3S/c31-30(32,33)24-9-7-11-26(19-24)40(38,39)36-17-5-2-10-25(36)20-29(37)34-28-12-6-8-23-18-22(13-14-27(23)28)21-35-15-3-1-4-16-35/h7,9,11,13-14,18-19,25,28H,1-6,8,10,12,15-17,20-21H2,(H,34,37)/t25-,28+/m0/s1. The lowest BCUT2D eigenvalue weighted by molar-refractivity contribution is -0.137. The number of carbonyl (C=O) groups excluding carboxylic acids is 1. The highest BCUT2D eigenvalue weighted by Crippen LogP contribution is 2.34. The number of halogens is 3. The van der Waals surface area contributed by atoms with E-state index in [1.165, 1.54) is 40.8 Å². The number of amides is 1. The molecular weight excluding hydrogens is 539 g/mol. The van der Waals surface area contributed by atoms with Gasteiger partial charge in [-0.1, -0.05) is 37.1 Å². The third kappa shape index (κ3) is 6.71. The van der Waals surface area contributed by atoms with Gasteiger partial charge in [0.1, 0.15) is 0 Å². The van der Waals surface area contributed by atoms with Crippen molar-refractivity contribution in [1.29, 1.82) is 0 Å². The first-order valence-electron chi connectivity index (χ1n) is 14.4. The van der Waals surface area contributed by atoms with E-state index in [4.69, 9.17) is 0 Å². The number of sulfonamides is 1. The summed E-state index contributed by atoms with van der Waals surface area (Å²) in [5.74, 6) is -0.230. The Bertz CT molecular complexity index is 1310. The molecule has 3 aliphatic rings. The molecule has 2 fully saturated rings. The number of nitrogens with one attached hydrogen (secondary N) is 1. The highest BCUT2D eigenvalue weighted by molar-refractivity contribution is 7.89. The average Bonchev–Trinajstić information content (AvgIpc) is 2.93. The number of piperidine rings is 2. The predicted octanol–water partition coefficient (Wildman–Crippen LogP) is 5.82. The van der Waals surface area contributed by atoms with E-state index < -0.39 is 32.7 Å². The summed E-state index contributed by atoms with van der Waals surface area (Å²) in [6.45, 7) is 3.40. The van der Waals surface area contributed by atoms with Gasteiger partial charge in [-0.3, -0.25) is 9.69 Å². The van der Waals surface area contributed by atoms with Crippen LogP contribution in [0.25, 0.3) is 0 Å². The molecule has 2 aromatic rings. The maximum absolute atomic E-state index is 13.4. The Morgan fingerprint density at radius 1 is 0.925 bits per heavy atom. The quantitative estimate of drug-likeness (QED) is 0.451. The zero-order chi connectivity index (χ0) is 28.3. The van der Waals surface area contributed by atoms with Crippen LogP contribution in [-0.2, 0) is 34.0 Å². The fraction of sp³-hybridized carbons (Fsp3) is 0.567. The van der Waals surface area contributed by atoms with Crippen LogP contribution in [0.3, 0.4) is 0 Å². The number of alkyl halides is 3. The van der Waals surface area contributed by atoms with Crippen molar-refractivity contribution in [3.05, 3.63) is 64.7 Å². The van der Waals surface area contributed by atoms with Crippen molar-refractivity contribution in [2.45, 2.75) is 93.9 Å². The molecule has 2 aromatic carbocycles. The van der Waals surface area contributed by atoms with Gasteiger partial charge >= 0.3 is 6.18 Å². The highest BCUT2D eigenvalue weighted by atomic mass is 32.2. The maximum atomic E-state index is 13.4. The zero-order valence-corrected chi connectivity index (χ0v) is 23.6. The van der Waals surface area contributed by atoms with Crippen molar-refractivity contribution in [2.24, 2.45) is 0 Å². The number of carbonyl (C=O) groups is 1. The van der Waals surface area contributed by atoms with E-state index in [1.807, 2.05) is 0 Å². The summed E-state index contributed by atoms with van der Waals surface area (Å²) in [4.78, 5) is 15.3. The van der Waals surface area contributed by atoms with E-state index >= 15 is 0 Å². The molecule has 2 aliphatic heterocycles. The van der Waals surface area contributed by atoms with Gasteiger partial charge in [-0.15, -0.1) is 0 Å². The topological polar surface area (TPSA) is 69.7 Å². The molecular formula is C30H38F3N3O3S. The van der Waals surface area contributed by atoms with Crippen LogP contribution in [0, 0.1) is 0 Å². The van der Waals surface area contributed by atoms with Crippen molar-refractivity contribution >= 4 is 15.9 Å². The number of hydrogen-bond acceptors (Lipinski definition) is 4. The molecule has 1 aliphatic carbocycles. The largest absolute Gasteiger partial charge is 0.416 e. The average molecular weight is 578 g/mol. The van der Waals surface area contributed by atoms with Gasteiger partial charge in [-0.2, -0.15) is 17.5 Å². The summed E-state index contributed by atoms with van der Waals surface area (Å²) in [5, 5.41) is 3.14. The van der Waals surface area contributed by atoms with Gasteiger partial charge in [0.25, 0.3) is 0 Å². The van der Waals surface area contributed by atoms with Crippen molar-refractivity contribution in [3.63, 3.8) is 0 Å². The van der Waals surface area contributed by atoms with Crippen molar-refractivity contribution < 1.29 is 26.4 Å². The van der Waals surface area contributed by atoms with Gasteiger partial charge in [-0.25, -0.2) is 8.42 Å². The van der Waals surface area contributed by atoms with E-state index in [0.29, 0.717) is 18.9 Å². The molecule has 1 amide bonds. The molecule has 6 nitrogen and oxygen atoms in total. The summed E-state index contributed by atoms with van der Waals surface area (Å²) in [5.41, 5.74) is 2.68. The van der Waals surface area contributed by atoms with E-state index in [9.17, 15) is 26.4 Å². The molecule has 5 rings (SSSR count). The number of aryl methyl sites for hydroxylation is 1. The van der Waals surface area contributed by atoms with E-state index in [1.54, 1.807) is 0 Å². The number of likely N-dealkylation sites (tertiary alicyclic amines) is 1. The Hall–Kier alpha value is -2.43. The van der Waals surface area contributed by atoms with Crippen LogP contribution in [-0.4, -0.2) is 49.2 Å². The molecule has 2 heterocycles. The van der Waals surface area contributed by atoms with Crippen LogP contribution in [0.1, 0.15) is 86.1 Å². The van der Waals surface area contributed by atoms with Crippen LogP contribution >= 0.6 is 0 Å². The number of rotatable bonds is 7. The second-order valence-electron chi connectivity index (χ2n) is 11.4. The number of nitrogens with zero attached hydrogens (tertiary/aromatic N) is 2. The van der Waals surface area contributed by atoms with E-state index in [2.05, 4.69) is 28.4 Å². The Labute approximate surface area is 235 Å². The molecule has 0 unspecified atom stereocenters. The van der Waals surface area contributed by atoms with Crippen LogP contribution in [0.5, 0.6) is 0 Å². The van der Waals surface area contributed by atoms with Crippen LogP contribution in [0.2, 0.25) is 0 Å². The summed E-state index contributed by atoms with van der Waals surface area (Å²) in [7, 11) is -4.19. The number of fused-ring (bicyclic) bond motifs is 1. The van der Waals surface area contributed by atoms with Gasteiger partial charge in [-0.05, 0) is 92.9 Å². The van der Waals surface area contributed by atoms with Gasteiger partial charge in [0.15, 0.2) is 0 Å². The molecule has 2 saturated heterocycles. The molecule has 1 N–H and O–H groups in total. The summed E-state index contributed by atoms with van der Waals surface area (Å²) in [6, 6.07) is 9.67. The predicted molar refractivity (Wildman–Crippen MR) is 147 cm³/mol. The lowest BCUT2D eigenvalue weighted by atomic mass is 9.86. The van der Waals surface area contributed by atoms with Gasteiger partial charge in [0, 0.05) is 25.6 Å². The number of hydrogen-bond donors (Lipinski definition) is 1. The molecule has 10 heteroatoms. The zero-order valence-electron chi connectivity index (χ0n) is 22.8. The van der Waals surface area contributed by atoms with Gasteiger partial charge in [0.05, 0.1) is 16.5 Å². The van der Waals surface area contributed by atoms with Crippen LogP contribution in [0.4, 0.5) is 13.2 Å². The first kappa shape index (κ1) is 29.1. The Kier molecular flexibility index (Phi) is 8.87. The maximum Gasteiger partial charge on any atom is 0.416 e. The lowest BCUT2D eigenvalue weighted by Gasteiger charge is -2.35. The normalized spacial score (nSPS) is 23.0. The summed E-state index contributed by atoms with van der Waals surface area (Å²) >= 11 is 0.